The molecule has 0 radical (unpaired) electrons. The van der Waals surface area contributed by atoms with Crippen molar-refractivity contribution in [2.45, 2.75) is 6.92 Å². The van der Waals surface area contributed by atoms with Crippen LogP contribution >= 0.6 is 0 Å². The molecule has 0 aliphatic heterocycles. The van der Waals surface area contributed by atoms with Crippen molar-refractivity contribution in [3.63, 3.8) is 0 Å². The van der Waals surface area contributed by atoms with E-state index in [0.29, 0.717) is 16.8 Å². The van der Waals surface area contributed by atoms with Gasteiger partial charge in [-0.25, -0.2) is 4.79 Å². The lowest BCUT2D eigenvalue weighted by Gasteiger charge is -2.06. The van der Waals surface area contributed by atoms with Gasteiger partial charge in [0.05, 0.1) is 18.2 Å². The first kappa shape index (κ1) is 12.9. The number of nitrogens with one attached hydrogen (secondary N) is 2. The summed E-state index contributed by atoms with van der Waals surface area (Å²) in [7, 11) is 1.32. The van der Waals surface area contributed by atoms with Gasteiger partial charge in [0.2, 0.25) is 0 Å². The van der Waals surface area contributed by atoms with Gasteiger partial charge in [0, 0.05) is 17.6 Å². The molecule has 0 aliphatic carbocycles. The van der Waals surface area contributed by atoms with E-state index < -0.39 is 5.97 Å². The van der Waals surface area contributed by atoms with Gasteiger partial charge in [-0.2, -0.15) is 0 Å². The topological polar surface area (TPSA) is 71.2 Å². The number of H-pyrrole nitrogens is 1. The molecule has 0 spiro atoms. The zero-order valence-corrected chi connectivity index (χ0v) is 10.7. The third-order valence-electron chi connectivity index (χ3n) is 2.74. The monoisotopic (exact) mass is 258 g/mol. The number of aromatic nitrogens is 1. The zero-order chi connectivity index (χ0) is 13.8. The Morgan fingerprint density at radius 3 is 2.68 bits per heavy atom. The lowest BCUT2D eigenvalue weighted by Crippen LogP contribution is -2.13. The summed E-state index contributed by atoms with van der Waals surface area (Å²) in [5.41, 5.74) is 2.31. The number of methoxy groups -OCH3 is 1. The predicted octanol–water partition coefficient (Wildman–Crippen LogP) is 2.36. The van der Waals surface area contributed by atoms with Crippen molar-refractivity contribution >= 4 is 17.6 Å². The normalized spacial score (nSPS) is 10.0. The maximum absolute atomic E-state index is 12.0. The average molecular weight is 258 g/mol. The fourth-order valence-electron chi connectivity index (χ4n) is 1.74. The summed E-state index contributed by atoms with van der Waals surface area (Å²) in [6.45, 7) is 1.82. The molecule has 0 atom stereocenters. The first-order valence-corrected chi connectivity index (χ1v) is 5.75. The molecule has 0 fully saturated rings. The molecule has 98 valence electrons. The number of aryl methyl sites for hydroxylation is 1. The first-order chi connectivity index (χ1) is 9.11. The van der Waals surface area contributed by atoms with Crippen LogP contribution in [0.25, 0.3) is 0 Å². The SMILES string of the molecule is COC(=O)c1cccc(NC(=O)c2cc[nH]c2C)c1. The van der Waals surface area contributed by atoms with Crippen molar-refractivity contribution in [3.05, 3.63) is 53.3 Å². The standard InChI is InChI=1S/C14H14N2O3/c1-9-12(6-7-15-9)13(17)16-11-5-3-4-10(8-11)14(18)19-2/h3-8,15H,1-2H3,(H,16,17). The molecule has 1 aromatic heterocycles. The minimum absolute atomic E-state index is 0.222. The number of esters is 1. The number of carbonyl (C=O) groups is 2. The highest BCUT2D eigenvalue weighted by Crippen LogP contribution is 2.14. The van der Waals surface area contributed by atoms with Crippen LogP contribution in [0.1, 0.15) is 26.4 Å². The van der Waals surface area contributed by atoms with Gasteiger partial charge < -0.3 is 15.0 Å². The third kappa shape index (κ3) is 2.82. The number of hydrogen-bond acceptors (Lipinski definition) is 3. The zero-order valence-electron chi connectivity index (χ0n) is 10.7. The molecule has 0 unspecified atom stereocenters. The van der Waals surface area contributed by atoms with E-state index in [0.717, 1.165) is 5.69 Å². The van der Waals surface area contributed by atoms with Crippen molar-refractivity contribution in [1.29, 1.82) is 0 Å². The van der Waals surface area contributed by atoms with Crippen molar-refractivity contribution in [2.24, 2.45) is 0 Å². The highest BCUT2D eigenvalue weighted by molar-refractivity contribution is 6.05. The Bertz CT molecular complexity index is 617. The molecule has 0 aliphatic rings. The quantitative estimate of drug-likeness (QED) is 0.830. The number of benzene rings is 1. The van der Waals surface area contributed by atoms with E-state index in [-0.39, 0.29) is 5.91 Å². The fraction of sp³-hybridized carbons (Fsp3) is 0.143. The van der Waals surface area contributed by atoms with Gasteiger partial charge in [-0.3, -0.25) is 4.79 Å². The minimum Gasteiger partial charge on any atom is -0.465 e. The van der Waals surface area contributed by atoms with Crippen LogP contribution in [-0.2, 0) is 4.74 Å². The number of ether oxygens (including phenoxy) is 1. The molecular weight excluding hydrogens is 244 g/mol. The van der Waals surface area contributed by atoms with Crippen LogP contribution in [0.5, 0.6) is 0 Å². The van der Waals surface area contributed by atoms with Gasteiger partial charge in [-0.05, 0) is 31.2 Å². The van der Waals surface area contributed by atoms with Crippen LogP contribution in [0.2, 0.25) is 0 Å². The van der Waals surface area contributed by atoms with E-state index in [2.05, 4.69) is 15.0 Å². The van der Waals surface area contributed by atoms with E-state index in [1.54, 1.807) is 36.5 Å². The van der Waals surface area contributed by atoms with Crippen molar-refractivity contribution in [1.82, 2.24) is 4.98 Å². The highest BCUT2D eigenvalue weighted by Gasteiger charge is 2.11. The molecule has 5 nitrogen and oxygen atoms in total. The molecule has 1 aromatic carbocycles. The molecular formula is C14H14N2O3. The summed E-state index contributed by atoms with van der Waals surface area (Å²) in [5.74, 6) is -0.658. The number of amides is 1. The van der Waals surface area contributed by atoms with Gasteiger partial charge >= 0.3 is 5.97 Å². The Hall–Kier alpha value is -2.56. The maximum Gasteiger partial charge on any atom is 0.337 e. The van der Waals surface area contributed by atoms with E-state index in [1.807, 2.05) is 6.92 Å². The van der Waals surface area contributed by atoms with Gasteiger partial charge in [0.15, 0.2) is 0 Å². The summed E-state index contributed by atoms with van der Waals surface area (Å²) in [6, 6.07) is 8.31. The van der Waals surface area contributed by atoms with Crippen LogP contribution in [0, 0.1) is 6.92 Å². The summed E-state index contributed by atoms with van der Waals surface area (Å²) >= 11 is 0. The third-order valence-corrected chi connectivity index (χ3v) is 2.74. The summed E-state index contributed by atoms with van der Waals surface area (Å²) in [4.78, 5) is 26.3. The maximum atomic E-state index is 12.0. The van der Waals surface area contributed by atoms with Crippen LogP contribution in [0.3, 0.4) is 0 Å². The Morgan fingerprint density at radius 2 is 2.05 bits per heavy atom. The molecule has 2 rings (SSSR count). The number of aromatic amines is 1. The Balaban J connectivity index is 2.18. The molecule has 0 saturated carbocycles. The molecule has 19 heavy (non-hydrogen) atoms. The highest BCUT2D eigenvalue weighted by atomic mass is 16.5. The molecule has 2 aromatic rings. The second-order valence-electron chi connectivity index (χ2n) is 4.04. The van der Waals surface area contributed by atoms with Crippen LogP contribution < -0.4 is 5.32 Å². The number of carbonyl (C=O) groups excluding carboxylic acids is 2. The van der Waals surface area contributed by atoms with Crippen molar-refractivity contribution < 1.29 is 14.3 Å². The molecule has 2 N–H and O–H groups in total. The minimum atomic E-state index is -0.436. The Labute approximate surface area is 110 Å². The molecule has 5 heteroatoms. The Kier molecular flexibility index (Phi) is 3.66. The van der Waals surface area contributed by atoms with E-state index in [1.165, 1.54) is 7.11 Å². The van der Waals surface area contributed by atoms with Gasteiger partial charge in [0.25, 0.3) is 5.91 Å². The number of anilines is 1. The number of rotatable bonds is 3. The van der Waals surface area contributed by atoms with Gasteiger partial charge in [-0.1, -0.05) is 6.07 Å². The molecule has 0 bridgehead atoms. The van der Waals surface area contributed by atoms with Gasteiger partial charge in [-0.15, -0.1) is 0 Å². The summed E-state index contributed by atoms with van der Waals surface area (Å²) < 4.78 is 4.63. The van der Waals surface area contributed by atoms with E-state index in [9.17, 15) is 9.59 Å². The van der Waals surface area contributed by atoms with Crippen LogP contribution in [0.15, 0.2) is 36.5 Å². The molecule has 0 saturated heterocycles. The smallest absolute Gasteiger partial charge is 0.337 e. The molecule has 1 heterocycles. The van der Waals surface area contributed by atoms with Crippen molar-refractivity contribution in [3.8, 4) is 0 Å². The van der Waals surface area contributed by atoms with Crippen molar-refractivity contribution in [2.75, 3.05) is 12.4 Å². The summed E-state index contributed by atoms with van der Waals surface area (Å²) in [5, 5.41) is 2.74. The lowest BCUT2D eigenvalue weighted by atomic mass is 10.2. The molecule has 1 amide bonds. The lowest BCUT2D eigenvalue weighted by molar-refractivity contribution is 0.0600. The second-order valence-corrected chi connectivity index (χ2v) is 4.04. The number of hydrogen-bond donors (Lipinski definition) is 2. The van der Waals surface area contributed by atoms with Gasteiger partial charge in [0.1, 0.15) is 0 Å². The van der Waals surface area contributed by atoms with Crippen LogP contribution in [-0.4, -0.2) is 24.0 Å². The van der Waals surface area contributed by atoms with E-state index >= 15 is 0 Å². The fourth-order valence-corrected chi connectivity index (χ4v) is 1.74. The first-order valence-electron chi connectivity index (χ1n) is 5.75. The average Bonchev–Trinajstić information content (AvgIpc) is 2.84. The second kappa shape index (κ2) is 5.39. The Morgan fingerprint density at radius 1 is 1.26 bits per heavy atom. The van der Waals surface area contributed by atoms with Crippen LogP contribution in [0.4, 0.5) is 5.69 Å². The van der Waals surface area contributed by atoms with E-state index in [4.69, 9.17) is 0 Å². The largest absolute Gasteiger partial charge is 0.465 e. The predicted molar refractivity (Wildman–Crippen MR) is 71.3 cm³/mol. The summed E-state index contributed by atoms with van der Waals surface area (Å²) in [6.07, 6.45) is 1.70.